The van der Waals surface area contributed by atoms with Gasteiger partial charge in [-0.15, -0.1) is 0 Å². The molecule has 0 saturated carbocycles. The van der Waals surface area contributed by atoms with E-state index in [0.717, 1.165) is 23.2 Å². The van der Waals surface area contributed by atoms with Crippen molar-refractivity contribution in [1.29, 1.82) is 0 Å². The standard InChI is InChI=1S/C20H18FN3O/c1-13-18(19(23-22-13)15-5-3-2-4-6-15)20(25)24-12-11-17(24)14-7-9-16(21)10-8-14/h2-10,17H,11-12H2,1H3,(H,22,23). The minimum atomic E-state index is -0.266. The smallest absolute Gasteiger partial charge is 0.258 e. The third-order valence-electron chi connectivity index (χ3n) is 4.74. The molecule has 1 fully saturated rings. The molecule has 0 bridgehead atoms. The lowest BCUT2D eigenvalue weighted by atomic mass is 9.93. The molecular weight excluding hydrogens is 317 g/mol. The van der Waals surface area contributed by atoms with Gasteiger partial charge in [-0.25, -0.2) is 4.39 Å². The van der Waals surface area contributed by atoms with Gasteiger partial charge in [0.15, 0.2) is 0 Å². The highest BCUT2D eigenvalue weighted by molar-refractivity contribution is 6.01. The zero-order valence-corrected chi connectivity index (χ0v) is 13.9. The van der Waals surface area contributed by atoms with E-state index in [1.807, 2.05) is 42.2 Å². The van der Waals surface area contributed by atoms with E-state index in [4.69, 9.17) is 0 Å². The highest BCUT2D eigenvalue weighted by atomic mass is 19.1. The maximum atomic E-state index is 13.2. The van der Waals surface area contributed by atoms with E-state index in [-0.39, 0.29) is 17.8 Å². The number of H-pyrrole nitrogens is 1. The summed E-state index contributed by atoms with van der Waals surface area (Å²) in [6, 6.07) is 16.1. The number of likely N-dealkylation sites (tertiary alicyclic amines) is 1. The van der Waals surface area contributed by atoms with Crippen LogP contribution in [0.5, 0.6) is 0 Å². The number of amides is 1. The monoisotopic (exact) mass is 335 g/mol. The van der Waals surface area contributed by atoms with Crippen LogP contribution in [0.25, 0.3) is 11.3 Å². The minimum Gasteiger partial charge on any atom is -0.331 e. The van der Waals surface area contributed by atoms with Crippen LogP contribution >= 0.6 is 0 Å². The van der Waals surface area contributed by atoms with Gasteiger partial charge in [-0.05, 0) is 31.0 Å². The fourth-order valence-corrected chi connectivity index (χ4v) is 3.30. The van der Waals surface area contributed by atoms with Gasteiger partial charge in [0.05, 0.1) is 11.6 Å². The van der Waals surface area contributed by atoms with E-state index in [1.54, 1.807) is 12.1 Å². The van der Waals surface area contributed by atoms with E-state index >= 15 is 0 Å². The maximum absolute atomic E-state index is 13.2. The number of aryl methyl sites for hydroxylation is 1. The Morgan fingerprint density at radius 3 is 2.52 bits per heavy atom. The molecule has 1 amide bonds. The van der Waals surface area contributed by atoms with Gasteiger partial charge >= 0.3 is 0 Å². The number of nitrogens with zero attached hydrogens (tertiary/aromatic N) is 2. The molecule has 1 aromatic heterocycles. The van der Waals surface area contributed by atoms with E-state index in [9.17, 15) is 9.18 Å². The molecule has 126 valence electrons. The average Bonchev–Trinajstić information content (AvgIpc) is 2.98. The number of hydrogen-bond donors (Lipinski definition) is 1. The molecular formula is C20H18FN3O. The number of rotatable bonds is 3. The van der Waals surface area contributed by atoms with Crippen molar-refractivity contribution in [3.05, 3.63) is 77.2 Å². The molecule has 1 aliphatic rings. The van der Waals surface area contributed by atoms with Crippen LogP contribution in [-0.2, 0) is 0 Å². The summed E-state index contributed by atoms with van der Waals surface area (Å²) < 4.78 is 13.2. The van der Waals surface area contributed by atoms with Crippen LogP contribution in [0.1, 0.15) is 34.1 Å². The Morgan fingerprint density at radius 1 is 1.16 bits per heavy atom. The molecule has 1 saturated heterocycles. The highest BCUT2D eigenvalue weighted by Crippen LogP contribution is 2.36. The summed E-state index contributed by atoms with van der Waals surface area (Å²) in [6.45, 7) is 2.55. The predicted octanol–water partition coefficient (Wildman–Crippen LogP) is 4.11. The first kappa shape index (κ1) is 15.6. The lowest BCUT2D eigenvalue weighted by molar-refractivity contribution is 0.0460. The molecule has 4 rings (SSSR count). The highest BCUT2D eigenvalue weighted by Gasteiger charge is 2.36. The van der Waals surface area contributed by atoms with E-state index < -0.39 is 0 Å². The Hall–Kier alpha value is -2.95. The van der Waals surface area contributed by atoms with Crippen molar-refractivity contribution in [3.63, 3.8) is 0 Å². The van der Waals surface area contributed by atoms with Crippen molar-refractivity contribution >= 4 is 5.91 Å². The number of carbonyl (C=O) groups is 1. The summed E-state index contributed by atoms with van der Waals surface area (Å²) in [4.78, 5) is 15.0. The van der Waals surface area contributed by atoms with Crippen molar-refractivity contribution in [2.24, 2.45) is 0 Å². The molecule has 3 aromatic rings. The first-order valence-electron chi connectivity index (χ1n) is 8.32. The normalized spacial score (nSPS) is 16.6. The molecule has 1 unspecified atom stereocenters. The van der Waals surface area contributed by atoms with Crippen LogP contribution < -0.4 is 0 Å². The van der Waals surface area contributed by atoms with Crippen molar-refractivity contribution in [2.45, 2.75) is 19.4 Å². The van der Waals surface area contributed by atoms with Gasteiger partial charge in [0.1, 0.15) is 11.5 Å². The van der Waals surface area contributed by atoms with Crippen LogP contribution in [-0.4, -0.2) is 27.5 Å². The molecule has 2 heterocycles. The molecule has 2 aromatic carbocycles. The quantitative estimate of drug-likeness (QED) is 0.783. The lowest BCUT2D eigenvalue weighted by Crippen LogP contribution is -2.45. The number of aromatic nitrogens is 2. The first-order valence-corrected chi connectivity index (χ1v) is 8.32. The molecule has 1 aliphatic heterocycles. The van der Waals surface area contributed by atoms with Gasteiger partial charge < -0.3 is 4.90 Å². The van der Waals surface area contributed by atoms with Gasteiger partial charge in [-0.3, -0.25) is 9.89 Å². The van der Waals surface area contributed by atoms with Gasteiger partial charge in [-0.1, -0.05) is 42.5 Å². The fourth-order valence-electron chi connectivity index (χ4n) is 3.30. The topological polar surface area (TPSA) is 49.0 Å². The number of halogens is 1. The summed E-state index contributed by atoms with van der Waals surface area (Å²) in [5.41, 5.74) is 3.91. The zero-order chi connectivity index (χ0) is 17.4. The third kappa shape index (κ3) is 2.71. The summed E-state index contributed by atoms with van der Waals surface area (Å²) in [6.07, 6.45) is 0.884. The van der Waals surface area contributed by atoms with Crippen LogP contribution in [0, 0.1) is 12.7 Å². The van der Waals surface area contributed by atoms with Gasteiger partial charge in [0.2, 0.25) is 0 Å². The first-order chi connectivity index (χ1) is 12.1. The number of benzene rings is 2. The molecule has 5 heteroatoms. The SMILES string of the molecule is Cc1[nH]nc(-c2ccccc2)c1C(=O)N1CCC1c1ccc(F)cc1. The number of hydrogen-bond acceptors (Lipinski definition) is 2. The van der Waals surface area contributed by atoms with Crippen molar-refractivity contribution in [1.82, 2.24) is 15.1 Å². The van der Waals surface area contributed by atoms with Gasteiger partial charge in [0.25, 0.3) is 5.91 Å². The van der Waals surface area contributed by atoms with E-state index in [2.05, 4.69) is 10.2 Å². The molecule has 25 heavy (non-hydrogen) atoms. The lowest BCUT2D eigenvalue weighted by Gasteiger charge is -2.41. The molecule has 1 N–H and O–H groups in total. The molecule has 0 spiro atoms. The second kappa shape index (κ2) is 6.16. The van der Waals surface area contributed by atoms with Crippen molar-refractivity contribution in [2.75, 3.05) is 6.54 Å². The largest absolute Gasteiger partial charge is 0.331 e. The summed E-state index contributed by atoms with van der Waals surface area (Å²) in [7, 11) is 0. The minimum absolute atomic E-state index is 0.00831. The summed E-state index contributed by atoms with van der Waals surface area (Å²) in [5, 5.41) is 7.27. The Bertz CT molecular complexity index is 902. The van der Waals surface area contributed by atoms with E-state index in [1.165, 1.54) is 12.1 Å². The van der Waals surface area contributed by atoms with Crippen LogP contribution in [0.15, 0.2) is 54.6 Å². The van der Waals surface area contributed by atoms with Crippen LogP contribution in [0.3, 0.4) is 0 Å². The number of nitrogens with one attached hydrogen (secondary N) is 1. The Labute approximate surface area is 145 Å². The molecule has 4 nitrogen and oxygen atoms in total. The summed E-state index contributed by atoms with van der Waals surface area (Å²) >= 11 is 0. The predicted molar refractivity (Wildman–Crippen MR) is 93.6 cm³/mol. The molecule has 0 aliphatic carbocycles. The van der Waals surface area contributed by atoms with Gasteiger partial charge in [0, 0.05) is 17.8 Å². The fraction of sp³-hybridized carbons (Fsp3) is 0.200. The van der Waals surface area contributed by atoms with Crippen molar-refractivity contribution in [3.8, 4) is 11.3 Å². The maximum Gasteiger partial charge on any atom is 0.258 e. The van der Waals surface area contributed by atoms with Crippen LogP contribution in [0.2, 0.25) is 0 Å². The number of aromatic amines is 1. The average molecular weight is 335 g/mol. The van der Waals surface area contributed by atoms with Gasteiger partial charge in [-0.2, -0.15) is 5.10 Å². The number of carbonyl (C=O) groups excluding carboxylic acids is 1. The Morgan fingerprint density at radius 2 is 1.88 bits per heavy atom. The van der Waals surface area contributed by atoms with E-state index in [0.29, 0.717) is 17.8 Å². The molecule has 0 radical (unpaired) electrons. The van der Waals surface area contributed by atoms with Crippen molar-refractivity contribution < 1.29 is 9.18 Å². The Kier molecular flexibility index (Phi) is 3.84. The summed E-state index contributed by atoms with van der Waals surface area (Å²) in [5.74, 6) is -0.302. The zero-order valence-electron chi connectivity index (χ0n) is 13.9. The van der Waals surface area contributed by atoms with Crippen LogP contribution in [0.4, 0.5) is 4.39 Å². The second-order valence-corrected chi connectivity index (χ2v) is 6.29. The molecule has 1 atom stereocenters. The second-order valence-electron chi connectivity index (χ2n) is 6.29. The Balaban J connectivity index is 1.66. The third-order valence-corrected chi connectivity index (χ3v) is 4.74.